The van der Waals surface area contributed by atoms with E-state index in [2.05, 4.69) is 12.2 Å². The Kier molecular flexibility index (Phi) is 2.66. The van der Waals surface area contributed by atoms with Crippen molar-refractivity contribution in [3.8, 4) is 0 Å². The number of benzene rings is 1. The van der Waals surface area contributed by atoms with Crippen LogP contribution in [0.15, 0.2) is 12.1 Å². The van der Waals surface area contributed by atoms with Gasteiger partial charge in [-0.1, -0.05) is 6.92 Å². The average Bonchev–Trinajstić information content (AvgIpc) is 2.33. The van der Waals surface area contributed by atoms with Gasteiger partial charge in [0.15, 0.2) is 0 Å². The molecule has 2 aliphatic rings. The fourth-order valence-corrected chi connectivity index (χ4v) is 2.70. The molecule has 0 radical (unpaired) electrons. The lowest BCUT2D eigenvalue weighted by atomic mass is 9.97. The zero-order valence-corrected chi connectivity index (χ0v) is 10.7. The van der Waals surface area contributed by atoms with Gasteiger partial charge in [-0.25, -0.2) is 0 Å². The number of aryl methyl sites for hydroxylation is 1. The third kappa shape index (κ3) is 2.03. The van der Waals surface area contributed by atoms with Crippen molar-refractivity contribution < 1.29 is 9.72 Å². The van der Waals surface area contributed by atoms with Crippen LogP contribution in [0, 0.1) is 16.0 Å². The predicted molar refractivity (Wildman–Crippen MR) is 71.4 cm³/mol. The van der Waals surface area contributed by atoms with E-state index < -0.39 is 0 Å². The Labute approximate surface area is 110 Å². The van der Waals surface area contributed by atoms with Crippen molar-refractivity contribution in [2.24, 2.45) is 5.92 Å². The highest BCUT2D eigenvalue weighted by molar-refractivity contribution is 5.95. The normalized spacial score (nSPS) is 18.6. The number of carbonyl (C=O) groups excluding carboxylic acids is 1. The van der Waals surface area contributed by atoms with Gasteiger partial charge in [0.25, 0.3) is 5.69 Å². The lowest BCUT2D eigenvalue weighted by molar-refractivity contribution is -0.384. The summed E-state index contributed by atoms with van der Waals surface area (Å²) in [7, 11) is 0. The smallest absolute Gasteiger partial charge is 0.292 e. The summed E-state index contributed by atoms with van der Waals surface area (Å²) in [5, 5.41) is 14.0. The number of hydrogen-bond acceptors (Lipinski definition) is 4. The van der Waals surface area contributed by atoms with E-state index in [9.17, 15) is 14.9 Å². The molecule has 0 aromatic heterocycles. The summed E-state index contributed by atoms with van der Waals surface area (Å²) in [6.07, 6.45) is 0.961. The molecule has 0 aliphatic carbocycles. The fraction of sp³-hybridized carbons (Fsp3) is 0.462. The standard InChI is InChI=1S/C13H15N3O3/c1-8-6-15(7-8)11-5-10-9(2-3-13(17)14-10)4-12(11)16(18)19/h4-5,8H,2-3,6-7H2,1H3,(H,14,17). The van der Waals surface area contributed by atoms with Crippen LogP contribution < -0.4 is 10.2 Å². The molecule has 0 atom stereocenters. The first-order valence-electron chi connectivity index (χ1n) is 6.40. The molecule has 1 N–H and O–H groups in total. The molecule has 0 spiro atoms. The van der Waals surface area contributed by atoms with E-state index in [0.717, 1.165) is 24.3 Å². The molecule has 0 saturated carbocycles. The Morgan fingerprint density at radius 1 is 1.37 bits per heavy atom. The SMILES string of the molecule is CC1CN(c2cc3c(cc2[N+](=O)[O-])CCC(=O)N3)C1. The van der Waals surface area contributed by atoms with Crippen LogP contribution in [-0.4, -0.2) is 23.9 Å². The number of hydrogen-bond donors (Lipinski definition) is 1. The number of nitrogens with zero attached hydrogens (tertiary/aromatic N) is 2. The number of anilines is 2. The van der Waals surface area contributed by atoms with Gasteiger partial charge in [-0.15, -0.1) is 0 Å². The zero-order chi connectivity index (χ0) is 13.6. The van der Waals surface area contributed by atoms with Crippen molar-refractivity contribution in [1.29, 1.82) is 0 Å². The minimum atomic E-state index is -0.338. The molecule has 1 aromatic rings. The minimum absolute atomic E-state index is 0.0238. The molecule has 2 aliphatic heterocycles. The van der Waals surface area contributed by atoms with E-state index in [0.29, 0.717) is 24.4 Å². The first-order valence-corrected chi connectivity index (χ1v) is 6.40. The van der Waals surface area contributed by atoms with Crippen LogP contribution in [0.4, 0.5) is 17.1 Å². The second kappa shape index (κ2) is 4.22. The van der Waals surface area contributed by atoms with Crippen molar-refractivity contribution in [2.75, 3.05) is 23.3 Å². The van der Waals surface area contributed by atoms with Crippen molar-refractivity contribution in [3.63, 3.8) is 0 Å². The fourth-order valence-electron chi connectivity index (χ4n) is 2.70. The summed E-state index contributed by atoms with van der Waals surface area (Å²) >= 11 is 0. The average molecular weight is 261 g/mol. The van der Waals surface area contributed by atoms with Crippen LogP contribution in [-0.2, 0) is 11.2 Å². The van der Waals surface area contributed by atoms with Gasteiger partial charge in [0.2, 0.25) is 5.91 Å². The van der Waals surface area contributed by atoms with Gasteiger partial charge in [0.05, 0.1) is 4.92 Å². The number of fused-ring (bicyclic) bond motifs is 1. The van der Waals surface area contributed by atoms with Gasteiger partial charge in [0.1, 0.15) is 5.69 Å². The number of nitrogens with one attached hydrogen (secondary N) is 1. The second-order valence-electron chi connectivity index (χ2n) is 5.31. The van der Waals surface area contributed by atoms with Gasteiger partial charge < -0.3 is 10.2 Å². The number of carbonyl (C=O) groups is 1. The summed E-state index contributed by atoms with van der Waals surface area (Å²) in [6.45, 7) is 3.77. The molecular weight excluding hydrogens is 246 g/mol. The molecule has 6 heteroatoms. The van der Waals surface area contributed by atoms with Gasteiger partial charge in [-0.3, -0.25) is 14.9 Å². The zero-order valence-electron chi connectivity index (χ0n) is 10.7. The first-order chi connectivity index (χ1) is 9.04. The molecule has 19 heavy (non-hydrogen) atoms. The lowest BCUT2D eigenvalue weighted by Crippen LogP contribution is -2.45. The van der Waals surface area contributed by atoms with Crippen LogP contribution in [0.3, 0.4) is 0 Å². The van der Waals surface area contributed by atoms with Crippen LogP contribution >= 0.6 is 0 Å². The van der Waals surface area contributed by atoms with Crippen molar-refractivity contribution >= 4 is 23.0 Å². The number of rotatable bonds is 2. The second-order valence-corrected chi connectivity index (χ2v) is 5.31. The Balaban J connectivity index is 2.03. The molecule has 1 fully saturated rings. The van der Waals surface area contributed by atoms with E-state index >= 15 is 0 Å². The van der Waals surface area contributed by atoms with Gasteiger partial charge in [-0.2, -0.15) is 0 Å². The summed E-state index contributed by atoms with van der Waals surface area (Å²) in [6, 6.07) is 3.35. The van der Waals surface area contributed by atoms with E-state index in [4.69, 9.17) is 0 Å². The molecule has 2 heterocycles. The quantitative estimate of drug-likeness (QED) is 0.652. The lowest BCUT2D eigenvalue weighted by Gasteiger charge is -2.39. The maximum Gasteiger partial charge on any atom is 0.292 e. The highest BCUT2D eigenvalue weighted by atomic mass is 16.6. The summed E-state index contributed by atoms with van der Waals surface area (Å²) < 4.78 is 0. The largest absolute Gasteiger partial charge is 0.365 e. The topological polar surface area (TPSA) is 75.5 Å². The van der Waals surface area contributed by atoms with Gasteiger partial charge in [-0.05, 0) is 24.0 Å². The van der Waals surface area contributed by atoms with Crippen LogP contribution in [0.25, 0.3) is 0 Å². The molecule has 1 aromatic carbocycles. The molecule has 100 valence electrons. The summed E-state index contributed by atoms with van der Waals surface area (Å²) in [5.74, 6) is 0.537. The number of amides is 1. The Hall–Kier alpha value is -2.11. The Bertz CT molecular complexity index is 564. The monoisotopic (exact) mass is 261 g/mol. The van der Waals surface area contributed by atoms with E-state index in [1.807, 2.05) is 4.90 Å². The van der Waals surface area contributed by atoms with Crippen LogP contribution in [0.2, 0.25) is 0 Å². The molecule has 0 unspecified atom stereocenters. The van der Waals surface area contributed by atoms with Crippen molar-refractivity contribution in [1.82, 2.24) is 0 Å². The van der Waals surface area contributed by atoms with E-state index in [1.165, 1.54) is 0 Å². The van der Waals surface area contributed by atoms with E-state index in [-0.39, 0.29) is 16.5 Å². The Morgan fingerprint density at radius 3 is 2.74 bits per heavy atom. The molecule has 6 nitrogen and oxygen atoms in total. The Morgan fingerprint density at radius 2 is 2.11 bits per heavy atom. The third-order valence-corrected chi connectivity index (χ3v) is 3.70. The highest BCUT2D eigenvalue weighted by Gasteiger charge is 2.30. The molecule has 1 saturated heterocycles. The summed E-state index contributed by atoms with van der Waals surface area (Å²) in [4.78, 5) is 24.2. The molecule has 3 rings (SSSR count). The van der Waals surface area contributed by atoms with Crippen LogP contribution in [0.5, 0.6) is 0 Å². The van der Waals surface area contributed by atoms with Gasteiger partial charge >= 0.3 is 0 Å². The highest BCUT2D eigenvalue weighted by Crippen LogP contribution is 2.38. The first kappa shape index (κ1) is 12.0. The molecule has 1 amide bonds. The third-order valence-electron chi connectivity index (χ3n) is 3.70. The maximum absolute atomic E-state index is 11.4. The van der Waals surface area contributed by atoms with Crippen molar-refractivity contribution in [3.05, 3.63) is 27.8 Å². The molecular formula is C13H15N3O3. The maximum atomic E-state index is 11.4. The molecule has 0 bridgehead atoms. The number of nitro benzene ring substituents is 1. The van der Waals surface area contributed by atoms with Crippen molar-refractivity contribution in [2.45, 2.75) is 19.8 Å². The van der Waals surface area contributed by atoms with Crippen LogP contribution in [0.1, 0.15) is 18.9 Å². The number of nitro groups is 1. The van der Waals surface area contributed by atoms with Gasteiger partial charge in [0, 0.05) is 31.3 Å². The minimum Gasteiger partial charge on any atom is -0.365 e. The van der Waals surface area contributed by atoms with E-state index in [1.54, 1.807) is 12.1 Å². The predicted octanol–water partition coefficient (Wildman–Crippen LogP) is 1.94. The summed E-state index contributed by atoms with van der Waals surface area (Å²) in [5.41, 5.74) is 2.32.